The Morgan fingerprint density at radius 3 is 3.00 bits per heavy atom. The maximum absolute atomic E-state index is 10.8. The van der Waals surface area contributed by atoms with Gasteiger partial charge in [0.2, 0.25) is 5.91 Å². The van der Waals surface area contributed by atoms with Crippen LogP contribution in [0.25, 0.3) is 0 Å². The first-order valence-corrected chi connectivity index (χ1v) is 4.79. The van der Waals surface area contributed by atoms with Crippen LogP contribution in [0, 0.1) is 0 Å². The summed E-state index contributed by atoms with van der Waals surface area (Å²) in [6, 6.07) is 1.83. The van der Waals surface area contributed by atoms with Crippen LogP contribution in [0.3, 0.4) is 0 Å². The third-order valence-corrected chi connectivity index (χ3v) is 3.10. The van der Waals surface area contributed by atoms with Crippen molar-refractivity contribution in [2.24, 2.45) is 0 Å². The molecule has 64 valence electrons. The summed E-state index contributed by atoms with van der Waals surface area (Å²) >= 11 is 7.43. The van der Waals surface area contributed by atoms with Gasteiger partial charge in [-0.15, -0.1) is 11.3 Å². The van der Waals surface area contributed by atoms with E-state index in [0.29, 0.717) is 11.6 Å². The van der Waals surface area contributed by atoms with Crippen molar-refractivity contribution in [3.8, 4) is 0 Å². The SMILES string of the molecule is O=C1CNC(c2sccc2Cl)N1. The second-order valence-corrected chi connectivity index (χ2v) is 3.87. The molecule has 0 bridgehead atoms. The van der Waals surface area contributed by atoms with Gasteiger partial charge in [0.1, 0.15) is 6.17 Å². The lowest BCUT2D eigenvalue weighted by Gasteiger charge is -2.07. The molecule has 0 saturated carbocycles. The summed E-state index contributed by atoms with van der Waals surface area (Å²) in [6.45, 7) is 0.374. The number of rotatable bonds is 1. The Labute approximate surface area is 78.7 Å². The van der Waals surface area contributed by atoms with Crippen molar-refractivity contribution in [2.45, 2.75) is 6.17 Å². The van der Waals surface area contributed by atoms with E-state index in [0.717, 1.165) is 4.88 Å². The molecule has 1 amide bonds. The predicted molar refractivity (Wildman–Crippen MR) is 48.2 cm³/mol. The Hall–Kier alpha value is -0.580. The number of hydrogen-bond acceptors (Lipinski definition) is 3. The van der Waals surface area contributed by atoms with E-state index in [9.17, 15) is 4.79 Å². The molecule has 1 aromatic rings. The van der Waals surface area contributed by atoms with Gasteiger partial charge in [-0.25, -0.2) is 0 Å². The normalized spacial score (nSPS) is 22.8. The second kappa shape index (κ2) is 3.05. The summed E-state index contributed by atoms with van der Waals surface area (Å²) in [6.07, 6.45) is -0.0926. The molecule has 5 heteroatoms. The minimum absolute atomic E-state index is 0.0180. The van der Waals surface area contributed by atoms with Crippen LogP contribution in [0.5, 0.6) is 0 Å². The molecule has 1 saturated heterocycles. The van der Waals surface area contributed by atoms with Crippen LogP contribution < -0.4 is 10.6 Å². The number of halogens is 1. The maximum Gasteiger partial charge on any atom is 0.235 e. The van der Waals surface area contributed by atoms with E-state index in [4.69, 9.17) is 11.6 Å². The second-order valence-electron chi connectivity index (χ2n) is 2.51. The number of carbonyl (C=O) groups excluding carboxylic acids is 1. The smallest absolute Gasteiger partial charge is 0.235 e. The molecule has 1 fully saturated rings. The van der Waals surface area contributed by atoms with Crippen molar-refractivity contribution >= 4 is 28.8 Å². The first-order valence-electron chi connectivity index (χ1n) is 3.53. The van der Waals surface area contributed by atoms with Crippen LogP contribution in [-0.4, -0.2) is 12.5 Å². The van der Waals surface area contributed by atoms with E-state index < -0.39 is 0 Å². The molecule has 0 aliphatic carbocycles. The van der Waals surface area contributed by atoms with Gasteiger partial charge in [-0.1, -0.05) is 11.6 Å². The largest absolute Gasteiger partial charge is 0.335 e. The van der Waals surface area contributed by atoms with Crippen LogP contribution in [0.2, 0.25) is 5.02 Å². The lowest BCUT2D eigenvalue weighted by Crippen LogP contribution is -2.21. The lowest BCUT2D eigenvalue weighted by atomic mass is 10.4. The fourth-order valence-electron chi connectivity index (χ4n) is 1.13. The van der Waals surface area contributed by atoms with Gasteiger partial charge in [-0.05, 0) is 11.4 Å². The number of amides is 1. The average Bonchev–Trinajstić information content (AvgIpc) is 2.58. The van der Waals surface area contributed by atoms with Gasteiger partial charge in [0.15, 0.2) is 0 Å². The Kier molecular flexibility index (Phi) is 2.04. The third-order valence-electron chi connectivity index (χ3n) is 1.68. The number of thiophene rings is 1. The van der Waals surface area contributed by atoms with Gasteiger partial charge in [-0.2, -0.15) is 0 Å². The summed E-state index contributed by atoms with van der Waals surface area (Å²) in [4.78, 5) is 11.8. The molecule has 2 N–H and O–H groups in total. The molecule has 1 aromatic heterocycles. The molecule has 3 nitrogen and oxygen atoms in total. The zero-order valence-electron chi connectivity index (χ0n) is 6.13. The third kappa shape index (κ3) is 1.33. The molecule has 0 spiro atoms. The van der Waals surface area contributed by atoms with Gasteiger partial charge in [0, 0.05) is 0 Å². The predicted octanol–water partition coefficient (Wildman–Crippen LogP) is 1.12. The molecule has 1 unspecified atom stereocenters. The summed E-state index contributed by atoms with van der Waals surface area (Å²) in [7, 11) is 0. The van der Waals surface area contributed by atoms with Crippen molar-refractivity contribution in [3.63, 3.8) is 0 Å². The van der Waals surface area contributed by atoms with Crippen LogP contribution in [0.1, 0.15) is 11.0 Å². The van der Waals surface area contributed by atoms with Crippen molar-refractivity contribution in [1.29, 1.82) is 0 Å². The number of carbonyl (C=O) groups is 1. The monoisotopic (exact) mass is 202 g/mol. The lowest BCUT2D eigenvalue weighted by molar-refractivity contribution is -0.118. The standard InChI is InChI=1S/C7H7ClN2OS/c8-4-1-2-12-6(4)7-9-3-5(11)10-7/h1-2,7,9H,3H2,(H,10,11). The van der Waals surface area contributed by atoms with Gasteiger partial charge in [-0.3, -0.25) is 10.1 Å². The highest BCUT2D eigenvalue weighted by Crippen LogP contribution is 2.28. The van der Waals surface area contributed by atoms with E-state index in [-0.39, 0.29) is 12.1 Å². The average molecular weight is 203 g/mol. The minimum Gasteiger partial charge on any atom is -0.335 e. The van der Waals surface area contributed by atoms with Crippen molar-refractivity contribution in [1.82, 2.24) is 10.6 Å². The van der Waals surface area contributed by atoms with E-state index in [1.807, 2.05) is 11.4 Å². The molecule has 1 aliphatic heterocycles. The highest BCUT2D eigenvalue weighted by atomic mass is 35.5. The molecular formula is C7H7ClN2OS. The quantitative estimate of drug-likeness (QED) is 0.717. The first kappa shape index (κ1) is 8.04. The summed E-state index contributed by atoms with van der Waals surface area (Å²) in [5.74, 6) is 0.0180. The van der Waals surface area contributed by atoms with Gasteiger partial charge in [0.25, 0.3) is 0 Å². The minimum atomic E-state index is -0.0926. The van der Waals surface area contributed by atoms with E-state index in [1.165, 1.54) is 11.3 Å². The van der Waals surface area contributed by atoms with Crippen LogP contribution in [-0.2, 0) is 4.79 Å². The first-order chi connectivity index (χ1) is 5.77. The van der Waals surface area contributed by atoms with Gasteiger partial charge in [0.05, 0.1) is 16.4 Å². The fourth-order valence-corrected chi connectivity index (χ4v) is 2.32. The van der Waals surface area contributed by atoms with Crippen LogP contribution in [0.4, 0.5) is 0 Å². The Morgan fingerprint density at radius 2 is 2.50 bits per heavy atom. The molecule has 2 rings (SSSR count). The van der Waals surface area contributed by atoms with Gasteiger partial charge < -0.3 is 5.32 Å². The van der Waals surface area contributed by atoms with Crippen molar-refractivity contribution < 1.29 is 4.79 Å². The van der Waals surface area contributed by atoms with Crippen molar-refractivity contribution in [3.05, 3.63) is 21.3 Å². The molecule has 0 aromatic carbocycles. The summed E-state index contributed by atoms with van der Waals surface area (Å²) in [5.41, 5.74) is 0. The van der Waals surface area contributed by atoms with E-state index in [2.05, 4.69) is 10.6 Å². The Balaban J connectivity index is 2.21. The molecule has 12 heavy (non-hydrogen) atoms. The number of hydrogen-bond donors (Lipinski definition) is 2. The van der Waals surface area contributed by atoms with E-state index >= 15 is 0 Å². The topological polar surface area (TPSA) is 41.1 Å². The Bertz CT molecular complexity index is 312. The maximum atomic E-state index is 10.8. The van der Waals surface area contributed by atoms with Gasteiger partial charge >= 0.3 is 0 Å². The van der Waals surface area contributed by atoms with Crippen LogP contribution >= 0.6 is 22.9 Å². The summed E-state index contributed by atoms with van der Waals surface area (Å²) < 4.78 is 0. The van der Waals surface area contributed by atoms with E-state index in [1.54, 1.807) is 0 Å². The van der Waals surface area contributed by atoms with Crippen LogP contribution in [0.15, 0.2) is 11.4 Å². The van der Waals surface area contributed by atoms with Crippen molar-refractivity contribution in [2.75, 3.05) is 6.54 Å². The molecule has 2 heterocycles. The zero-order valence-corrected chi connectivity index (χ0v) is 7.71. The highest BCUT2D eigenvalue weighted by Gasteiger charge is 2.23. The fraction of sp³-hybridized carbons (Fsp3) is 0.286. The molecule has 1 atom stereocenters. The molecule has 1 aliphatic rings. The summed E-state index contributed by atoms with van der Waals surface area (Å²) in [5, 5.41) is 8.40. The number of nitrogens with one attached hydrogen (secondary N) is 2. The molecule has 0 radical (unpaired) electrons. The molecular weight excluding hydrogens is 196 g/mol. The highest BCUT2D eigenvalue weighted by molar-refractivity contribution is 7.10. The Morgan fingerprint density at radius 1 is 1.67 bits per heavy atom. The zero-order chi connectivity index (χ0) is 8.55.